The Labute approximate surface area is 189 Å². The molecule has 0 radical (unpaired) electrons. The third-order valence-corrected chi connectivity index (χ3v) is 7.78. The fourth-order valence-corrected chi connectivity index (χ4v) is 5.91. The maximum atomic E-state index is 12.1. The summed E-state index contributed by atoms with van der Waals surface area (Å²) in [5.41, 5.74) is 2.33. The molecule has 3 rings (SSSR count). The van der Waals surface area contributed by atoms with Crippen LogP contribution in [0.4, 0.5) is 4.79 Å². The van der Waals surface area contributed by atoms with E-state index in [0.717, 1.165) is 16.7 Å². The Morgan fingerprint density at radius 1 is 0.969 bits per heavy atom. The summed E-state index contributed by atoms with van der Waals surface area (Å²) in [5, 5.41) is 2.76. The second-order valence-corrected chi connectivity index (χ2v) is 9.65. The van der Waals surface area contributed by atoms with E-state index in [1.165, 1.54) is 0 Å². The van der Waals surface area contributed by atoms with Crippen LogP contribution in [0.15, 0.2) is 52.9 Å². The van der Waals surface area contributed by atoms with Crippen molar-refractivity contribution >= 4 is 26.0 Å². The molecule has 0 spiro atoms. The monoisotopic (exact) mass is 458 g/mol. The lowest BCUT2D eigenvalue weighted by Crippen LogP contribution is -2.46. The molecule has 2 aromatic carbocycles. The summed E-state index contributed by atoms with van der Waals surface area (Å²) in [6, 6.07) is 15.2. The van der Waals surface area contributed by atoms with Gasteiger partial charge in [-0.2, -0.15) is 0 Å². The quantitative estimate of drug-likeness (QED) is 0.301. The molecule has 0 fully saturated rings. The molecule has 1 N–H and O–H groups in total. The van der Waals surface area contributed by atoms with Crippen LogP contribution in [-0.2, 0) is 13.3 Å². The van der Waals surface area contributed by atoms with Crippen molar-refractivity contribution in [3.8, 4) is 17.2 Å². The fourth-order valence-electron chi connectivity index (χ4n) is 3.30. The number of para-hydroxylation sites is 2. The second-order valence-electron chi connectivity index (χ2n) is 6.91. The molecule has 9 heteroatoms. The smallest absolute Gasteiger partial charge is 0.436 e. The number of carbonyl (C=O) groups excluding carboxylic acids is 1. The van der Waals surface area contributed by atoms with E-state index in [0.29, 0.717) is 50.5 Å². The van der Waals surface area contributed by atoms with Crippen molar-refractivity contribution in [1.29, 1.82) is 0 Å². The Kier molecular flexibility index (Phi) is 8.80. The van der Waals surface area contributed by atoms with Gasteiger partial charge in [0.2, 0.25) is 5.89 Å². The van der Waals surface area contributed by atoms with Crippen LogP contribution < -0.4 is 10.1 Å². The molecule has 0 saturated carbocycles. The number of aromatic nitrogens is 1. The Morgan fingerprint density at radius 2 is 1.62 bits per heavy atom. The maximum absolute atomic E-state index is 12.1. The van der Waals surface area contributed by atoms with E-state index in [2.05, 4.69) is 10.3 Å². The van der Waals surface area contributed by atoms with E-state index >= 15 is 0 Å². The van der Waals surface area contributed by atoms with Crippen molar-refractivity contribution < 1.29 is 27.2 Å². The standard InChI is InChI=1S/C23H30N2O6Si/c1-4-27-32(28-5-2,29-6-3)17-9-16-24-23(26)30-19-14-12-18(13-15-19)22-25-20-10-7-8-11-21(20)31-22/h7-8,10-15H,4-6,9,16-17H2,1-3H3,(H,24,26). The van der Waals surface area contributed by atoms with Gasteiger partial charge in [-0.1, -0.05) is 12.1 Å². The van der Waals surface area contributed by atoms with Gasteiger partial charge >= 0.3 is 14.9 Å². The van der Waals surface area contributed by atoms with Crippen molar-refractivity contribution in [2.45, 2.75) is 33.2 Å². The first kappa shape index (κ1) is 23.9. The lowest BCUT2D eigenvalue weighted by Gasteiger charge is -2.28. The first-order chi connectivity index (χ1) is 15.6. The van der Waals surface area contributed by atoms with Crippen LogP contribution in [0.25, 0.3) is 22.6 Å². The van der Waals surface area contributed by atoms with E-state index in [4.69, 9.17) is 22.4 Å². The Bertz CT molecular complexity index is 942. The van der Waals surface area contributed by atoms with Gasteiger partial charge in [0, 0.05) is 38.0 Å². The van der Waals surface area contributed by atoms with Crippen LogP contribution in [0.1, 0.15) is 27.2 Å². The number of hydrogen-bond donors (Lipinski definition) is 1. The molecule has 1 heterocycles. The predicted octanol–water partition coefficient (Wildman–Crippen LogP) is 5.02. The van der Waals surface area contributed by atoms with Crippen LogP contribution in [0.2, 0.25) is 6.04 Å². The number of benzene rings is 2. The van der Waals surface area contributed by atoms with Crippen molar-refractivity contribution in [2.24, 2.45) is 0 Å². The van der Waals surface area contributed by atoms with E-state index in [1.54, 1.807) is 24.3 Å². The topological polar surface area (TPSA) is 92.1 Å². The minimum absolute atomic E-state index is 0.432. The molecule has 0 aliphatic carbocycles. The summed E-state index contributed by atoms with van der Waals surface area (Å²) in [6.45, 7) is 7.78. The molecule has 1 aromatic heterocycles. The first-order valence-electron chi connectivity index (χ1n) is 10.9. The number of carbonyl (C=O) groups is 1. The van der Waals surface area contributed by atoms with Crippen molar-refractivity contribution in [2.75, 3.05) is 26.4 Å². The highest BCUT2D eigenvalue weighted by Crippen LogP contribution is 2.25. The normalized spacial score (nSPS) is 11.6. The molecule has 0 bridgehead atoms. The van der Waals surface area contributed by atoms with Gasteiger partial charge in [0.15, 0.2) is 5.58 Å². The van der Waals surface area contributed by atoms with Gasteiger partial charge in [-0.05, 0) is 63.6 Å². The molecule has 0 unspecified atom stereocenters. The number of fused-ring (bicyclic) bond motifs is 1. The van der Waals surface area contributed by atoms with Gasteiger partial charge in [0.25, 0.3) is 0 Å². The number of rotatable bonds is 12. The van der Waals surface area contributed by atoms with Gasteiger partial charge < -0.3 is 27.7 Å². The zero-order valence-corrected chi connectivity index (χ0v) is 19.8. The molecule has 3 aromatic rings. The highest BCUT2D eigenvalue weighted by molar-refractivity contribution is 6.60. The highest BCUT2D eigenvalue weighted by atomic mass is 28.4. The molecule has 0 aliphatic heterocycles. The Morgan fingerprint density at radius 3 is 2.25 bits per heavy atom. The van der Waals surface area contributed by atoms with E-state index < -0.39 is 14.9 Å². The third kappa shape index (κ3) is 6.39. The van der Waals surface area contributed by atoms with Gasteiger partial charge in [0.05, 0.1) is 0 Å². The van der Waals surface area contributed by atoms with Crippen LogP contribution in [0.3, 0.4) is 0 Å². The largest absolute Gasteiger partial charge is 0.500 e. The number of nitrogens with zero attached hydrogens (tertiary/aromatic N) is 1. The molecular weight excluding hydrogens is 428 g/mol. The van der Waals surface area contributed by atoms with Gasteiger partial charge in [-0.3, -0.25) is 0 Å². The molecule has 172 valence electrons. The predicted molar refractivity (Wildman–Crippen MR) is 124 cm³/mol. The van der Waals surface area contributed by atoms with Gasteiger partial charge in [-0.15, -0.1) is 0 Å². The van der Waals surface area contributed by atoms with Crippen LogP contribution in [0, 0.1) is 0 Å². The average molecular weight is 459 g/mol. The van der Waals surface area contributed by atoms with E-state index in [9.17, 15) is 4.79 Å². The zero-order chi connectivity index (χ0) is 22.8. The molecular formula is C23H30N2O6Si. The first-order valence-corrected chi connectivity index (χ1v) is 12.9. The van der Waals surface area contributed by atoms with Gasteiger partial charge in [0.1, 0.15) is 11.3 Å². The molecule has 8 nitrogen and oxygen atoms in total. The molecule has 0 aliphatic rings. The minimum atomic E-state index is -2.70. The van der Waals surface area contributed by atoms with Crippen LogP contribution in [-0.4, -0.2) is 46.2 Å². The summed E-state index contributed by atoms with van der Waals surface area (Å²) < 4.78 is 28.6. The minimum Gasteiger partial charge on any atom is -0.436 e. The summed E-state index contributed by atoms with van der Waals surface area (Å²) >= 11 is 0. The third-order valence-electron chi connectivity index (χ3n) is 4.63. The lowest BCUT2D eigenvalue weighted by atomic mass is 10.2. The Hall–Kier alpha value is -2.72. The SMILES string of the molecule is CCO[Si](CCCNC(=O)Oc1ccc(-c2nc3ccccc3o2)cc1)(OCC)OCC. The maximum Gasteiger partial charge on any atom is 0.500 e. The second kappa shape index (κ2) is 11.8. The average Bonchev–Trinajstić information content (AvgIpc) is 3.22. The number of oxazole rings is 1. The van der Waals surface area contributed by atoms with Crippen molar-refractivity contribution in [3.63, 3.8) is 0 Å². The number of amides is 1. The van der Waals surface area contributed by atoms with E-state index in [-0.39, 0.29) is 0 Å². The van der Waals surface area contributed by atoms with E-state index in [1.807, 2.05) is 45.0 Å². The fraction of sp³-hybridized carbons (Fsp3) is 0.391. The summed E-state index contributed by atoms with van der Waals surface area (Å²) in [7, 11) is -2.70. The van der Waals surface area contributed by atoms with Gasteiger partial charge in [-0.25, -0.2) is 9.78 Å². The van der Waals surface area contributed by atoms with Crippen molar-refractivity contribution in [1.82, 2.24) is 10.3 Å². The Balaban J connectivity index is 1.48. The summed E-state index contributed by atoms with van der Waals surface area (Å²) in [5.74, 6) is 0.955. The number of hydrogen-bond acceptors (Lipinski definition) is 7. The number of nitrogens with one attached hydrogen (secondary N) is 1. The van der Waals surface area contributed by atoms with Crippen LogP contribution >= 0.6 is 0 Å². The van der Waals surface area contributed by atoms with Crippen LogP contribution in [0.5, 0.6) is 5.75 Å². The molecule has 1 amide bonds. The number of ether oxygens (including phenoxy) is 1. The zero-order valence-electron chi connectivity index (χ0n) is 18.8. The molecule has 32 heavy (non-hydrogen) atoms. The summed E-state index contributed by atoms with van der Waals surface area (Å²) in [4.78, 5) is 16.6. The summed E-state index contributed by atoms with van der Waals surface area (Å²) in [6.07, 6.45) is 0.147. The lowest BCUT2D eigenvalue weighted by molar-refractivity contribution is 0.0708. The van der Waals surface area contributed by atoms with Crippen molar-refractivity contribution in [3.05, 3.63) is 48.5 Å². The molecule has 0 atom stereocenters. The highest BCUT2D eigenvalue weighted by Gasteiger charge is 2.39. The molecule has 0 saturated heterocycles.